The van der Waals surface area contributed by atoms with Gasteiger partial charge in [0, 0.05) is 0 Å². The molecule has 4 atom stereocenters. The van der Waals surface area contributed by atoms with Crippen LogP contribution in [0.5, 0.6) is 0 Å². The minimum atomic E-state index is -0.546. The number of carboxylic acids is 1. The van der Waals surface area contributed by atoms with E-state index in [1.54, 1.807) is 0 Å². The maximum atomic E-state index is 11.1. The third-order valence-corrected chi connectivity index (χ3v) is 4.47. The minimum Gasteiger partial charge on any atom is -0.481 e. The van der Waals surface area contributed by atoms with Gasteiger partial charge in [0.1, 0.15) is 0 Å². The first-order valence-electron chi connectivity index (χ1n) is 6.41. The van der Waals surface area contributed by atoms with Crippen molar-refractivity contribution in [1.82, 2.24) is 0 Å². The van der Waals surface area contributed by atoms with Crippen molar-refractivity contribution in [3.63, 3.8) is 0 Å². The Hall–Kier alpha value is -0.530. The summed E-state index contributed by atoms with van der Waals surface area (Å²) < 4.78 is 0. The lowest BCUT2D eigenvalue weighted by atomic mass is 9.72. The standard InChI is InChI=1S/C13H22O2/c1-9-4-2-5-10(8-9)11-6-3-7-12(11)13(14)15/h9-12H,2-8H2,1H3,(H,14,15). The monoisotopic (exact) mass is 210 g/mol. The third kappa shape index (κ3) is 2.35. The van der Waals surface area contributed by atoms with Crippen LogP contribution in [0, 0.1) is 23.7 Å². The van der Waals surface area contributed by atoms with E-state index in [1.807, 2.05) is 0 Å². The lowest BCUT2D eigenvalue weighted by molar-refractivity contribution is -0.143. The van der Waals surface area contributed by atoms with Crippen LogP contribution in [0.25, 0.3) is 0 Å². The van der Waals surface area contributed by atoms with E-state index in [2.05, 4.69) is 6.92 Å². The van der Waals surface area contributed by atoms with Gasteiger partial charge in [-0.15, -0.1) is 0 Å². The molecule has 15 heavy (non-hydrogen) atoms. The van der Waals surface area contributed by atoms with E-state index < -0.39 is 5.97 Å². The predicted octanol–water partition coefficient (Wildman–Crippen LogP) is 3.31. The number of carboxylic acid groups (broad SMARTS) is 1. The second-order valence-electron chi connectivity index (χ2n) is 5.57. The Kier molecular flexibility index (Phi) is 3.32. The fourth-order valence-electron chi connectivity index (χ4n) is 3.73. The average Bonchev–Trinajstić information content (AvgIpc) is 2.65. The highest BCUT2D eigenvalue weighted by Gasteiger charge is 2.38. The van der Waals surface area contributed by atoms with Crippen molar-refractivity contribution in [1.29, 1.82) is 0 Å². The van der Waals surface area contributed by atoms with E-state index in [1.165, 1.54) is 25.7 Å². The fraction of sp³-hybridized carbons (Fsp3) is 0.923. The molecule has 0 heterocycles. The van der Waals surface area contributed by atoms with E-state index in [0.29, 0.717) is 11.8 Å². The summed E-state index contributed by atoms with van der Waals surface area (Å²) in [5, 5.41) is 9.18. The summed E-state index contributed by atoms with van der Waals surface area (Å²) in [6.45, 7) is 2.32. The molecule has 2 rings (SSSR count). The van der Waals surface area contributed by atoms with Crippen molar-refractivity contribution in [2.45, 2.75) is 51.9 Å². The molecule has 0 aromatic heterocycles. The molecule has 2 nitrogen and oxygen atoms in total. The van der Waals surface area contributed by atoms with E-state index in [0.717, 1.165) is 25.2 Å². The molecule has 0 aromatic rings. The second kappa shape index (κ2) is 4.54. The molecule has 2 fully saturated rings. The summed E-state index contributed by atoms with van der Waals surface area (Å²) in [7, 11) is 0. The first-order chi connectivity index (χ1) is 7.18. The van der Waals surface area contributed by atoms with Crippen LogP contribution in [0.1, 0.15) is 51.9 Å². The normalized spacial score (nSPS) is 41.7. The Morgan fingerprint density at radius 3 is 2.53 bits per heavy atom. The maximum Gasteiger partial charge on any atom is 0.306 e. The quantitative estimate of drug-likeness (QED) is 0.759. The van der Waals surface area contributed by atoms with Crippen LogP contribution in [0.15, 0.2) is 0 Å². The van der Waals surface area contributed by atoms with Crippen molar-refractivity contribution in [2.24, 2.45) is 23.7 Å². The van der Waals surface area contributed by atoms with Gasteiger partial charge in [0.2, 0.25) is 0 Å². The summed E-state index contributed by atoms with van der Waals surface area (Å²) in [5.41, 5.74) is 0. The van der Waals surface area contributed by atoms with E-state index in [4.69, 9.17) is 0 Å². The molecule has 2 aliphatic rings. The lowest BCUT2D eigenvalue weighted by Gasteiger charge is -2.33. The van der Waals surface area contributed by atoms with Gasteiger partial charge in [0.05, 0.1) is 5.92 Å². The van der Waals surface area contributed by atoms with Crippen LogP contribution in [-0.4, -0.2) is 11.1 Å². The van der Waals surface area contributed by atoms with Crippen LogP contribution < -0.4 is 0 Å². The third-order valence-electron chi connectivity index (χ3n) is 4.47. The maximum absolute atomic E-state index is 11.1. The van der Waals surface area contributed by atoms with Gasteiger partial charge in [-0.25, -0.2) is 0 Å². The van der Waals surface area contributed by atoms with Crippen LogP contribution in [0.4, 0.5) is 0 Å². The first-order valence-corrected chi connectivity index (χ1v) is 6.41. The first kappa shape index (κ1) is 11.0. The van der Waals surface area contributed by atoms with Gasteiger partial charge in [0.25, 0.3) is 0 Å². The van der Waals surface area contributed by atoms with E-state index in [-0.39, 0.29) is 5.92 Å². The van der Waals surface area contributed by atoms with Gasteiger partial charge in [-0.3, -0.25) is 4.79 Å². The molecule has 0 saturated heterocycles. The zero-order valence-electron chi connectivity index (χ0n) is 9.61. The van der Waals surface area contributed by atoms with Crippen molar-refractivity contribution in [3.05, 3.63) is 0 Å². The molecule has 4 unspecified atom stereocenters. The zero-order valence-corrected chi connectivity index (χ0v) is 9.61. The van der Waals surface area contributed by atoms with Gasteiger partial charge in [-0.1, -0.05) is 32.6 Å². The second-order valence-corrected chi connectivity index (χ2v) is 5.57. The molecule has 2 heteroatoms. The molecule has 0 aliphatic heterocycles. The number of rotatable bonds is 2. The Morgan fingerprint density at radius 1 is 1.13 bits per heavy atom. The summed E-state index contributed by atoms with van der Waals surface area (Å²) >= 11 is 0. The van der Waals surface area contributed by atoms with Crippen LogP contribution >= 0.6 is 0 Å². The van der Waals surface area contributed by atoms with Crippen molar-refractivity contribution in [3.8, 4) is 0 Å². The Bertz CT molecular complexity index is 237. The molecule has 0 bridgehead atoms. The van der Waals surface area contributed by atoms with Crippen molar-refractivity contribution in [2.75, 3.05) is 0 Å². The molecular weight excluding hydrogens is 188 g/mol. The van der Waals surface area contributed by atoms with E-state index in [9.17, 15) is 9.90 Å². The van der Waals surface area contributed by atoms with Gasteiger partial charge in [-0.05, 0) is 37.0 Å². The van der Waals surface area contributed by atoms with Crippen LogP contribution in [-0.2, 0) is 4.79 Å². The molecule has 86 valence electrons. The Labute approximate surface area is 92.1 Å². The highest BCUT2D eigenvalue weighted by Crippen LogP contribution is 2.44. The molecule has 0 spiro atoms. The lowest BCUT2D eigenvalue weighted by Crippen LogP contribution is -2.28. The van der Waals surface area contributed by atoms with Crippen molar-refractivity contribution < 1.29 is 9.90 Å². The number of hydrogen-bond donors (Lipinski definition) is 1. The topological polar surface area (TPSA) is 37.3 Å². The largest absolute Gasteiger partial charge is 0.481 e. The smallest absolute Gasteiger partial charge is 0.306 e. The van der Waals surface area contributed by atoms with Crippen molar-refractivity contribution >= 4 is 5.97 Å². The fourth-order valence-corrected chi connectivity index (χ4v) is 3.73. The molecule has 0 aromatic carbocycles. The highest BCUT2D eigenvalue weighted by atomic mass is 16.4. The van der Waals surface area contributed by atoms with Gasteiger partial charge in [-0.2, -0.15) is 0 Å². The summed E-state index contributed by atoms with van der Waals surface area (Å²) in [6.07, 6.45) is 8.43. The molecule has 0 radical (unpaired) electrons. The number of carbonyl (C=O) groups is 1. The number of aliphatic carboxylic acids is 1. The van der Waals surface area contributed by atoms with Gasteiger partial charge >= 0.3 is 5.97 Å². The summed E-state index contributed by atoms with van der Waals surface area (Å²) in [6, 6.07) is 0. The summed E-state index contributed by atoms with van der Waals surface area (Å²) in [4.78, 5) is 11.1. The zero-order chi connectivity index (χ0) is 10.8. The van der Waals surface area contributed by atoms with E-state index >= 15 is 0 Å². The molecule has 2 aliphatic carbocycles. The molecule has 2 saturated carbocycles. The average molecular weight is 210 g/mol. The number of hydrogen-bond acceptors (Lipinski definition) is 1. The highest BCUT2D eigenvalue weighted by molar-refractivity contribution is 5.70. The predicted molar refractivity (Wildman–Crippen MR) is 59.6 cm³/mol. The SMILES string of the molecule is CC1CCCC(C2CCCC2C(=O)O)C1. The Morgan fingerprint density at radius 2 is 1.87 bits per heavy atom. The van der Waals surface area contributed by atoms with Crippen LogP contribution in [0.3, 0.4) is 0 Å². The van der Waals surface area contributed by atoms with Gasteiger partial charge in [0.15, 0.2) is 0 Å². The van der Waals surface area contributed by atoms with Gasteiger partial charge < -0.3 is 5.11 Å². The molecular formula is C13H22O2. The molecule has 0 amide bonds. The summed E-state index contributed by atoms with van der Waals surface area (Å²) in [5.74, 6) is 1.44. The van der Waals surface area contributed by atoms with Crippen LogP contribution in [0.2, 0.25) is 0 Å². The Balaban J connectivity index is 1.99. The minimum absolute atomic E-state index is 0.0275. The molecule has 1 N–H and O–H groups in total.